The summed E-state index contributed by atoms with van der Waals surface area (Å²) in [6.07, 6.45) is 2.05. The number of fused-ring (bicyclic) bond motifs is 1. The molecule has 0 N–H and O–H groups in total. The molecule has 0 amide bonds. The van der Waals surface area contributed by atoms with E-state index in [0.29, 0.717) is 11.9 Å². The Morgan fingerprint density at radius 2 is 2.47 bits per heavy atom. The number of alkyl halides is 1. The zero-order valence-electron chi connectivity index (χ0n) is 9.60. The van der Waals surface area contributed by atoms with Crippen molar-refractivity contribution in [1.29, 1.82) is 0 Å². The fourth-order valence-electron chi connectivity index (χ4n) is 2.22. The van der Waals surface area contributed by atoms with Gasteiger partial charge in [0.25, 0.3) is 0 Å². The van der Waals surface area contributed by atoms with Crippen LogP contribution in [0, 0.1) is 0 Å². The maximum atomic E-state index is 6.09. The third kappa shape index (κ3) is 1.94. The van der Waals surface area contributed by atoms with Crippen molar-refractivity contribution in [1.82, 2.24) is 9.38 Å². The molecule has 1 unspecified atom stereocenters. The minimum atomic E-state index is 0.517. The van der Waals surface area contributed by atoms with Crippen LogP contribution in [0.25, 0.3) is 4.96 Å². The molecule has 0 spiro atoms. The summed E-state index contributed by atoms with van der Waals surface area (Å²) in [5.74, 6) is 3.95. The van der Waals surface area contributed by atoms with Gasteiger partial charge in [0.1, 0.15) is 0 Å². The Morgan fingerprint density at radius 3 is 3.24 bits per heavy atom. The van der Waals surface area contributed by atoms with Gasteiger partial charge in [0, 0.05) is 35.7 Å². The zero-order valence-corrected chi connectivity index (χ0v) is 12.0. The third-order valence-electron chi connectivity index (χ3n) is 3.11. The topological polar surface area (TPSA) is 20.5 Å². The van der Waals surface area contributed by atoms with E-state index in [4.69, 9.17) is 16.6 Å². The second-order valence-electron chi connectivity index (χ2n) is 4.19. The van der Waals surface area contributed by atoms with Crippen molar-refractivity contribution in [2.45, 2.75) is 18.8 Å². The molecule has 1 aliphatic heterocycles. The summed E-state index contributed by atoms with van der Waals surface area (Å²) in [5, 5.41) is 2.05. The Balaban J connectivity index is 2.05. The number of hydrogen-bond donors (Lipinski definition) is 0. The molecule has 2 aromatic heterocycles. The van der Waals surface area contributed by atoms with E-state index < -0.39 is 0 Å². The minimum Gasteiger partial charge on any atom is -0.351 e. The van der Waals surface area contributed by atoms with Crippen molar-refractivity contribution in [3.8, 4) is 0 Å². The molecule has 17 heavy (non-hydrogen) atoms. The van der Waals surface area contributed by atoms with Crippen LogP contribution in [0.15, 0.2) is 11.6 Å². The number of thiazole rings is 1. The normalized spacial score (nSPS) is 21.3. The summed E-state index contributed by atoms with van der Waals surface area (Å²) in [5.41, 5.74) is 1.13. The quantitative estimate of drug-likeness (QED) is 0.792. The van der Waals surface area contributed by atoms with Crippen LogP contribution in [-0.4, -0.2) is 33.5 Å². The lowest BCUT2D eigenvalue weighted by molar-refractivity contribution is 0.689. The van der Waals surface area contributed by atoms with E-state index in [1.807, 2.05) is 11.8 Å². The fraction of sp³-hybridized carbons (Fsp3) is 0.545. The standard InChI is InChI=1S/C11H14ClN3S2/c1-8-7-16-4-2-14(8)10-9(6-12)15-3-5-17-11(15)13-10/h3,5,8H,2,4,6-7H2,1H3. The number of anilines is 1. The van der Waals surface area contributed by atoms with Gasteiger partial charge in [0.2, 0.25) is 0 Å². The molecule has 1 fully saturated rings. The largest absolute Gasteiger partial charge is 0.351 e. The maximum absolute atomic E-state index is 6.09. The van der Waals surface area contributed by atoms with E-state index in [-0.39, 0.29) is 0 Å². The van der Waals surface area contributed by atoms with Crippen molar-refractivity contribution in [2.75, 3.05) is 23.0 Å². The highest BCUT2D eigenvalue weighted by Crippen LogP contribution is 2.30. The third-order valence-corrected chi connectivity index (χ3v) is 5.31. The van der Waals surface area contributed by atoms with Gasteiger partial charge in [-0.3, -0.25) is 4.40 Å². The molecule has 0 radical (unpaired) electrons. The Hall–Kier alpha value is -0.390. The monoisotopic (exact) mass is 287 g/mol. The highest BCUT2D eigenvalue weighted by Gasteiger charge is 2.24. The predicted molar refractivity (Wildman–Crippen MR) is 76.8 cm³/mol. The summed E-state index contributed by atoms with van der Waals surface area (Å²) in [6.45, 7) is 3.33. The Bertz CT molecular complexity index is 522. The molecule has 0 aromatic carbocycles. The average molecular weight is 288 g/mol. The second kappa shape index (κ2) is 4.71. The molecule has 3 rings (SSSR count). The van der Waals surface area contributed by atoms with Crippen LogP contribution in [0.3, 0.4) is 0 Å². The van der Waals surface area contributed by atoms with Gasteiger partial charge >= 0.3 is 0 Å². The van der Waals surface area contributed by atoms with E-state index in [1.54, 1.807) is 11.3 Å². The molecule has 1 atom stereocenters. The number of halogens is 1. The summed E-state index contributed by atoms with van der Waals surface area (Å²) < 4.78 is 2.11. The van der Waals surface area contributed by atoms with Gasteiger partial charge in [-0.2, -0.15) is 11.8 Å². The molecule has 92 valence electrons. The van der Waals surface area contributed by atoms with Crippen LogP contribution in [0.2, 0.25) is 0 Å². The zero-order chi connectivity index (χ0) is 11.8. The fourth-order valence-corrected chi connectivity index (χ4v) is 4.21. The SMILES string of the molecule is CC1CSCCN1c1nc2sccn2c1CCl. The lowest BCUT2D eigenvalue weighted by Crippen LogP contribution is -2.41. The molecule has 1 aliphatic rings. The van der Waals surface area contributed by atoms with Crippen LogP contribution in [0.4, 0.5) is 5.82 Å². The number of aromatic nitrogens is 2. The molecule has 2 aromatic rings. The Morgan fingerprint density at radius 1 is 1.59 bits per heavy atom. The van der Waals surface area contributed by atoms with Crippen LogP contribution < -0.4 is 4.90 Å². The number of thioether (sulfide) groups is 1. The Labute approximate surface area is 114 Å². The van der Waals surface area contributed by atoms with Crippen molar-refractivity contribution in [3.63, 3.8) is 0 Å². The van der Waals surface area contributed by atoms with Crippen molar-refractivity contribution < 1.29 is 0 Å². The molecule has 1 saturated heterocycles. The smallest absolute Gasteiger partial charge is 0.195 e. The number of hydrogen-bond acceptors (Lipinski definition) is 4. The van der Waals surface area contributed by atoms with Gasteiger partial charge in [-0.25, -0.2) is 4.98 Å². The highest BCUT2D eigenvalue weighted by molar-refractivity contribution is 7.99. The molecule has 0 saturated carbocycles. The molecule has 0 bridgehead atoms. The second-order valence-corrected chi connectivity index (χ2v) is 6.48. The van der Waals surface area contributed by atoms with Gasteiger partial charge in [-0.15, -0.1) is 22.9 Å². The van der Waals surface area contributed by atoms with Gasteiger partial charge in [-0.05, 0) is 6.92 Å². The summed E-state index contributed by atoms with van der Waals surface area (Å²) in [7, 11) is 0. The first-order chi connectivity index (χ1) is 8.31. The maximum Gasteiger partial charge on any atom is 0.195 e. The van der Waals surface area contributed by atoms with Gasteiger partial charge in [-0.1, -0.05) is 0 Å². The van der Waals surface area contributed by atoms with Crippen molar-refractivity contribution in [2.24, 2.45) is 0 Å². The molecule has 6 heteroatoms. The number of nitrogens with zero attached hydrogens (tertiary/aromatic N) is 3. The van der Waals surface area contributed by atoms with E-state index in [2.05, 4.69) is 27.8 Å². The average Bonchev–Trinajstić information content (AvgIpc) is 2.89. The lowest BCUT2D eigenvalue weighted by atomic mass is 10.3. The van der Waals surface area contributed by atoms with Gasteiger partial charge in [0.05, 0.1) is 11.6 Å². The molecular weight excluding hydrogens is 274 g/mol. The van der Waals surface area contributed by atoms with E-state index in [9.17, 15) is 0 Å². The highest BCUT2D eigenvalue weighted by atomic mass is 35.5. The first kappa shape index (κ1) is 11.7. The van der Waals surface area contributed by atoms with Crippen molar-refractivity contribution in [3.05, 3.63) is 17.3 Å². The van der Waals surface area contributed by atoms with Crippen LogP contribution in [-0.2, 0) is 5.88 Å². The molecule has 3 heterocycles. The summed E-state index contributed by atoms with van der Waals surface area (Å²) >= 11 is 9.77. The van der Waals surface area contributed by atoms with Crippen LogP contribution in [0.1, 0.15) is 12.6 Å². The Kier molecular flexibility index (Phi) is 3.23. The molecule has 0 aliphatic carbocycles. The minimum absolute atomic E-state index is 0.517. The van der Waals surface area contributed by atoms with E-state index >= 15 is 0 Å². The summed E-state index contributed by atoms with van der Waals surface area (Å²) in [4.78, 5) is 8.17. The van der Waals surface area contributed by atoms with E-state index in [0.717, 1.165) is 23.0 Å². The van der Waals surface area contributed by atoms with E-state index in [1.165, 1.54) is 11.5 Å². The van der Waals surface area contributed by atoms with Crippen LogP contribution in [0.5, 0.6) is 0 Å². The molecular formula is C11H14ClN3S2. The first-order valence-corrected chi connectivity index (χ1v) is 8.23. The number of imidazole rings is 1. The first-order valence-electron chi connectivity index (χ1n) is 5.66. The predicted octanol–water partition coefficient (Wildman–Crippen LogP) is 3.08. The van der Waals surface area contributed by atoms with Crippen molar-refractivity contribution >= 4 is 45.5 Å². The van der Waals surface area contributed by atoms with Crippen LogP contribution >= 0.6 is 34.7 Å². The van der Waals surface area contributed by atoms with Gasteiger partial charge in [0.15, 0.2) is 10.8 Å². The summed E-state index contributed by atoms with van der Waals surface area (Å²) in [6, 6.07) is 0.542. The lowest BCUT2D eigenvalue weighted by Gasteiger charge is -2.33. The van der Waals surface area contributed by atoms with Gasteiger partial charge < -0.3 is 4.90 Å². The number of rotatable bonds is 2. The molecule has 3 nitrogen and oxygen atoms in total.